The Morgan fingerprint density at radius 1 is 1.45 bits per heavy atom. The number of amides is 3. The SMILES string of the molecule is Cc1noc(C(C)C)c1C(=O)N1CC(=O)NC(=O)C1C. The molecule has 7 heteroatoms. The van der Waals surface area contributed by atoms with E-state index in [1.165, 1.54) is 4.90 Å². The van der Waals surface area contributed by atoms with Crippen molar-refractivity contribution in [3.05, 3.63) is 17.0 Å². The lowest BCUT2D eigenvalue weighted by atomic mass is 10.0. The second kappa shape index (κ2) is 5.07. The average Bonchev–Trinajstić information content (AvgIpc) is 2.75. The standard InChI is InChI=1S/C13H17N3O4/c1-6(2)11-10(7(3)15-20-11)13(19)16-5-9(17)14-12(18)8(16)4/h6,8H,5H2,1-4H3,(H,14,17,18). The fourth-order valence-corrected chi connectivity index (χ4v) is 2.15. The second-order valence-electron chi connectivity index (χ2n) is 5.18. The highest BCUT2D eigenvalue weighted by Gasteiger charge is 2.36. The maximum Gasteiger partial charge on any atom is 0.260 e. The fraction of sp³-hybridized carbons (Fsp3) is 0.538. The molecule has 1 aliphatic heterocycles. The largest absolute Gasteiger partial charge is 0.360 e. The average molecular weight is 279 g/mol. The highest BCUT2D eigenvalue weighted by Crippen LogP contribution is 2.24. The monoisotopic (exact) mass is 279 g/mol. The van der Waals surface area contributed by atoms with Gasteiger partial charge in [0.2, 0.25) is 11.8 Å². The zero-order chi connectivity index (χ0) is 15.0. The maximum absolute atomic E-state index is 12.6. The Labute approximate surface area is 116 Å². The maximum atomic E-state index is 12.6. The predicted molar refractivity (Wildman–Crippen MR) is 69.0 cm³/mol. The van der Waals surface area contributed by atoms with Crippen LogP contribution in [0.15, 0.2) is 4.52 Å². The number of aryl methyl sites for hydroxylation is 1. The molecule has 0 aromatic carbocycles. The minimum Gasteiger partial charge on any atom is -0.360 e. The van der Waals surface area contributed by atoms with Gasteiger partial charge in [0.05, 0.1) is 5.69 Å². The molecule has 0 bridgehead atoms. The molecule has 7 nitrogen and oxygen atoms in total. The van der Waals surface area contributed by atoms with Crippen molar-refractivity contribution in [1.82, 2.24) is 15.4 Å². The van der Waals surface area contributed by atoms with Crippen LogP contribution in [-0.4, -0.2) is 40.4 Å². The normalized spacial score (nSPS) is 19.4. The Hall–Kier alpha value is -2.18. The smallest absolute Gasteiger partial charge is 0.260 e. The molecule has 20 heavy (non-hydrogen) atoms. The number of aromatic nitrogens is 1. The van der Waals surface area contributed by atoms with E-state index in [1.54, 1.807) is 13.8 Å². The molecule has 0 saturated carbocycles. The first-order valence-electron chi connectivity index (χ1n) is 6.43. The number of nitrogens with zero attached hydrogens (tertiary/aromatic N) is 2. The van der Waals surface area contributed by atoms with Crippen LogP contribution in [0, 0.1) is 6.92 Å². The highest BCUT2D eigenvalue weighted by atomic mass is 16.5. The number of piperazine rings is 1. The van der Waals surface area contributed by atoms with Gasteiger partial charge in [0, 0.05) is 5.92 Å². The lowest BCUT2D eigenvalue weighted by Crippen LogP contribution is -2.58. The molecule has 1 saturated heterocycles. The number of imide groups is 1. The highest BCUT2D eigenvalue weighted by molar-refractivity contribution is 6.07. The summed E-state index contributed by atoms with van der Waals surface area (Å²) in [6, 6.07) is -0.700. The van der Waals surface area contributed by atoms with Gasteiger partial charge < -0.3 is 9.42 Å². The van der Waals surface area contributed by atoms with E-state index < -0.39 is 23.8 Å². The van der Waals surface area contributed by atoms with Crippen LogP contribution in [0.5, 0.6) is 0 Å². The Balaban J connectivity index is 2.38. The van der Waals surface area contributed by atoms with E-state index in [0.717, 1.165) is 0 Å². The molecule has 3 amide bonds. The van der Waals surface area contributed by atoms with Crippen LogP contribution in [0.2, 0.25) is 0 Å². The predicted octanol–water partition coefficient (Wildman–Crippen LogP) is 0.594. The number of nitrogens with one attached hydrogen (secondary N) is 1. The van der Waals surface area contributed by atoms with E-state index >= 15 is 0 Å². The summed E-state index contributed by atoms with van der Waals surface area (Å²) >= 11 is 0. The summed E-state index contributed by atoms with van der Waals surface area (Å²) in [7, 11) is 0. The van der Waals surface area contributed by atoms with Crippen molar-refractivity contribution >= 4 is 17.7 Å². The molecule has 1 fully saturated rings. The summed E-state index contributed by atoms with van der Waals surface area (Å²) in [6.07, 6.45) is 0. The summed E-state index contributed by atoms with van der Waals surface area (Å²) in [4.78, 5) is 36.9. The van der Waals surface area contributed by atoms with E-state index in [4.69, 9.17) is 4.52 Å². The first-order valence-corrected chi connectivity index (χ1v) is 6.43. The summed E-state index contributed by atoms with van der Waals surface area (Å²) in [5.41, 5.74) is 0.804. The molecule has 1 N–H and O–H groups in total. The number of rotatable bonds is 2. The van der Waals surface area contributed by atoms with Gasteiger partial charge in [-0.3, -0.25) is 19.7 Å². The summed E-state index contributed by atoms with van der Waals surface area (Å²) in [6.45, 7) is 6.87. The van der Waals surface area contributed by atoms with E-state index in [9.17, 15) is 14.4 Å². The fourth-order valence-electron chi connectivity index (χ4n) is 2.15. The van der Waals surface area contributed by atoms with E-state index in [0.29, 0.717) is 17.0 Å². The molecule has 0 radical (unpaired) electrons. The van der Waals surface area contributed by atoms with Crippen molar-refractivity contribution in [2.75, 3.05) is 6.54 Å². The third-order valence-electron chi connectivity index (χ3n) is 3.31. The number of hydrogen-bond donors (Lipinski definition) is 1. The molecular weight excluding hydrogens is 262 g/mol. The molecule has 2 rings (SSSR count). The molecule has 1 aromatic heterocycles. The number of hydrogen-bond acceptors (Lipinski definition) is 5. The van der Waals surface area contributed by atoms with Crippen molar-refractivity contribution in [3.8, 4) is 0 Å². The van der Waals surface area contributed by atoms with Crippen molar-refractivity contribution in [2.45, 2.75) is 39.7 Å². The van der Waals surface area contributed by atoms with Crippen LogP contribution < -0.4 is 5.32 Å². The molecule has 1 atom stereocenters. The van der Waals surface area contributed by atoms with Gasteiger partial charge in [0.1, 0.15) is 18.2 Å². The minimum atomic E-state index is -0.700. The molecule has 2 heterocycles. The topological polar surface area (TPSA) is 92.5 Å². The molecule has 108 valence electrons. The third kappa shape index (κ3) is 2.31. The van der Waals surface area contributed by atoms with Crippen LogP contribution in [0.1, 0.15) is 48.5 Å². The Kier molecular flexibility index (Phi) is 3.61. The van der Waals surface area contributed by atoms with Crippen molar-refractivity contribution in [2.24, 2.45) is 0 Å². The Bertz CT molecular complexity index is 576. The zero-order valence-electron chi connectivity index (χ0n) is 11.9. The van der Waals surface area contributed by atoms with E-state index in [1.807, 2.05) is 13.8 Å². The first-order chi connectivity index (χ1) is 9.32. The molecule has 1 aromatic rings. The molecule has 1 aliphatic rings. The van der Waals surface area contributed by atoms with Gasteiger partial charge in [-0.05, 0) is 13.8 Å². The number of carbonyl (C=O) groups excluding carboxylic acids is 3. The Morgan fingerprint density at radius 2 is 2.10 bits per heavy atom. The van der Waals surface area contributed by atoms with Crippen LogP contribution in [0.25, 0.3) is 0 Å². The first kappa shape index (κ1) is 14.2. The Morgan fingerprint density at radius 3 is 2.70 bits per heavy atom. The summed E-state index contributed by atoms with van der Waals surface area (Å²) < 4.78 is 5.17. The lowest BCUT2D eigenvalue weighted by Gasteiger charge is -2.31. The van der Waals surface area contributed by atoms with Gasteiger partial charge in [0.25, 0.3) is 5.91 Å². The van der Waals surface area contributed by atoms with Gasteiger partial charge in [-0.2, -0.15) is 0 Å². The lowest BCUT2D eigenvalue weighted by molar-refractivity contribution is -0.138. The van der Waals surface area contributed by atoms with Gasteiger partial charge in [-0.25, -0.2) is 0 Å². The molecule has 1 unspecified atom stereocenters. The molecule has 0 spiro atoms. The van der Waals surface area contributed by atoms with E-state index in [-0.39, 0.29) is 12.5 Å². The van der Waals surface area contributed by atoms with Crippen LogP contribution >= 0.6 is 0 Å². The van der Waals surface area contributed by atoms with Gasteiger partial charge in [-0.15, -0.1) is 0 Å². The summed E-state index contributed by atoms with van der Waals surface area (Å²) in [5.74, 6) is -0.905. The minimum absolute atomic E-state index is 0.0141. The number of carbonyl (C=O) groups is 3. The zero-order valence-corrected chi connectivity index (χ0v) is 11.9. The van der Waals surface area contributed by atoms with Gasteiger partial charge in [-0.1, -0.05) is 19.0 Å². The molecular formula is C13H17N3O4. The van der Waals surface area contributed by atoms with E-state index in [2.05, 4.69) is 10.5 Å². The quantitative estimate of drug-likeness (QED) is 0.800. The van der Waals surface area contributed by atoms with Crippen LogP contribution in [-0.2, 0) is 9.59 Å². The van der Waals surface area contributed by atoms with Gasteiger partial charge in [0.15, 0.2) is 5.76 Å². The van der Waals surface area contributed by atoms with Crippen molar-refractivity contribution < 1.29 is 18.9 Å². The summed E-state index contributed by atoms with van der Waals surface area (Å²) in [5, 5.41) is 6.01. The van der Waals surface area contributed by atoms with Crippen LogP contribution in [0.4, 0.5) is 0 Å². The second-order valence-corrected chi connectivity index (χ2v) is 5.18. The van der Waals surface area contributed by atoms with Crippen LogP contribution in [0.3, 0.4) is 0 Å². The van der Waals surface area contributed by atoms with Crippen molar-refractivity contribution in [3.63, 3.8) is 0 Å². The van der Waals surface area contributed by atoms with Gasteiger partial charge >= 0.3 is 0 Å². The molecule has 0 aliphatic carbocycles. The van der Waals surface area contributed by atoms with Crippen molar-refractivity contribution in [1.29, 1.82) is 0 Å². The third-order valence-corrected chi connectivity index (χ3v) is 3.31.